The first-order valence-electron chi connectivity index (χ1n) is 5.00. The van der Waals surface area contributed by atoms with Crippen LogP contribution in [0.15, 0.2) is 22.7 Å². The third-order valence-corrected chi connectivity index (χ3v) is 2.66. The highest BCUT2D eigenvalue weighted by atomic mass is 79.9. The van der Waals surface area contributed by atoms with Gasteiger partial charge >= 0.3 is 0 Å². The molecular weight excluding hydrogens is 270 g/mol. The second-order valence-corrected chi connectivity index (χ2v) is 4.24. The third kappa shape index (κ3) is 2.31. The maximum absolute atomic E-state index is 5.86. The molecular formula is C11H12BrN3O. The monoisotopic (exact) mass is 281 g/mol. The van der Waals surface area contributed by atoms with Crippen LogP contribution in [0, 0.1) is 0 Å². The third-order valence-electron chi connectivity index (χ3n) is 2.17. The van der Waals surface area contributed by atoms with Crippen LogP contribution in [-0.2, 0) is 11.3 Å². The van der Waals surface area contributed by atoms with E-state index in [2.05, 4.69) is 25.9 Å². The van der Waals surface area contributed by atoms with E-state index in [1.54, 1.807) is 0 Å². The molecule has 2 rings (SSSR count). The summed E-state index contributed by atoms with van der Waals surface area (Å²) in [6, 6.07) is 5.74. The number of rotatable bonds is 3. The van der Waals surface area contributed by atoms with Crippen molar-refractivity contribution < 1.29 is 4.74 Å². The Balaban J connectivity index is 2.47. The zero-order valence-corrected chi connectivity index (χ0v) is 10.5. The quantitative estimate of drug-likeness (QED) is 0.939. The number of benzene rings is 1. The van der Waals surface area contributed by atoms with Gasteiger partial charge in [0.25, 0.3) is 0 Å². The fourth-order valence-corrected chi connectivity index (χ4v) is 1.78. The first kappa shape index (κ1) is 11.3. The molecule has 0 atom stereocenters. The van der Waals surface area contributed by atoms with Gasteiger partial charge in [0.15, 0.2) is 5.82 Å². The molecule has 0 radical (unpaired) electrons. The predicted octanol–water partition coefficient (Wildman–Crippen LogP) is 2.51. The van der Waals surface area contributed by atoms with Crippen LogP contribution in [0.4, 0.5) is 5.82 Å². The van der Waals surface area contributed by atoms with Gasteiger partial charge in [-0.1, -0.05) is 15.9 Å². The summed E-state index contributed by atoms with van der Waals surface area (Å²) in [7, 11) is 0. The van der Waals surface area contributed by atoms with Crippen LogP contribution in [0.5, 0.6) is 0 Å². The lowest BCUT2D eigenvalue weighted by molar-refractivity contribution is 0.128. The number of hydrogen-bond acceptors (Lipinski definition) is 4. The van der Waals surface area contributed by atoms with Crippen LogP contribution in [0.2, 0.25) is 0 Å². The first-order valence-corrected chi connectivity index (χ1v) is 5.79. The fourth-order valence-electron chi connectivity index (χ4n) is 1.44. The van der Waals surface area contributed by atoms with Gasteiger partial charge in [0, 0.05) is 16.5 Å². The van der Waals surface area contributed by atoms with E-state index in [0.29, 0.717) is 24.9 Å². The zero-order valence-electron chi connectivity index (χ0n) is 8.90. The van der Waals surface area contributed by atoms with Crippen molar-refractivity contribution in [3.8, 4) is 0 Å². The summed E-state index contributed by atoms with van der Waals surface area (Å²) in [4.78, 5) is 8.58. The van der Waals surface area contributed by atoms with E-state index in [4.69, 9.17) is 10.5 Å². The summed E-state index contributed by atoms with van der Waals surface area (Å²) in [5.74, 6) is 1.11. The van der Waals surface area contributed by atoms with Gasteiger partial charge in [0.05, 0.1) is 5.52 Å². The number of nitrogens with zero attached hydrogens (tertiary/aromatic N) is 2. The van der Waals surface area contributed by atoms with Gasteiger partial charge in [-0.3, -0.25) is 0 Å². The summed E-state index contributed by atoms with van der Waals surface area (Å²) in [6.07, 6.45) is 0. The minimum absolute atomic E-state index is 0.392. The fraction of sp³-hybridized carbons (Fsp3) is 0.273. The number of nitrogens with two attached hydrogens (primary N) is 1. The summed E-state index contributed by atoms with van der Waals surface area (Å²) in [5, 5.41) is 0.864. The molecule has 4 nitrogen and oxygen atoms in total. The second kappa shape index (κ2) is 4.76. The molecule has 2 N–H and O–H groups in total. The maximum Gasteiger partial charge on any atom is 0.157 e. The Morgan fingerprint density at radius 1 is 1.38 bits per heavy atom. The lowest BCUT2D eigenvalue weighted by atomic mass is 10.2. The van der Waals surface area contributed by atoms with Gasteiger partial charge in [0.1, 0.15) is 12.4 Å². The summed E-state index contributed by atoms with van der Waals surface area (Å²) in [5.41, 5.74) is 6.69. The predicted molar refractivity (Wildman–Crippen MR) is 67.0 cm³/mol. The Morgan fingerprint density at radius 2 is 2.19 bits per heavy atom. The molecule has 1 aromatic heterocycles. The summed E-state index contributed by atoms with van der Waals surface area (Å²) >= 11 is 3.40. The van der Waals surface area contributed by atoms with Gasteiger partial charge < -0.3 is 10.5 Å². The van der Waals surface area contributed by atoms with Gasteiger partial charge in [-0.15, -0.1) is 0 Å². The van der Waals surface area contributed by atoms with E-state index in [1.165, 1.54) is 0 Å². The molecule has 1 aromatic carbocycles. The smallest absolute Gasteiger partial charge is 0.157 e. The van der Waals surface area contributed by atoms with Crippen molar-refractivity contribution in [2.45, 2.75) is 13.5 Å². The van der Waals surface area contributed by atoms with Gasteiger partial charge in [-0.2, -0.15) is 0 Å². The number of anilines is 1. The molecule has 0 aliphatic heterocycles. The molecule has 0 bridgehead atoms. The van der Waals surface area contributed by atoms with E-state index in [1.807, 2.05) is 25.1 Å². The molecule has 0 fully saturated rings. The van der Waals surface area contributed by atoms with Crippen LogP contribution in [0.25, 0.3) is 10.9 Å². The largest absolute Gasteiger partial charge is 0.383 e. The minimum Gasteiger partial charge on any atom is -0.383 e. The van der Waals surface area contributed by atoms with Crippen molar-refractivity contribution in [2.75, 3.05) is 12.3 Å². The lowest BCUT2D eigenvalue weighted by Gasteiger charge is -2.05. The van der Waals surface area contributed by atoms with E-state index in [9.17, 15) is 0 Å². The van der Waals surface area contributed by atoms with Gasteiger partial charge in [-0.25, -0.2) is 9.97 Å². The number of ether oxygens (including phenoxy) is 1. The summed E-state index contributed by atoms with van der Waals surface area (Å²) < 4.78 is 6.23. The van der Waals surface area contributed by atoms with Crippen LogP contribution >= 0.6 is 15.9 Å². The molecule has 0 spiro atoms. The van der Waals surface area contributed by atoms with Gasteiger partial charge in [0.2, 0.25) is 0 Å². The Bertz CT molecular complexity index is 516. The van der Waals surface area contributed by atoms with E-state index < -0.39 is 0 Å². The molecule has 84 valence electrons. The average molecular weight is 282 g/mol. The molecule has 0 amide bonds. The number of hydrogen-bond donors (Lipinski definition) is 1. The Morgan fingerprint density at radius 3 is 2.94 bits per heavy atom. The highest BCUT2D eigenvalue weighted by molar-refractivity contribution is 9.10. The second-order valence-electron chi connectivity index (χ2n) is 3.32. The lowest BCUT2D eigenvalue weighted by Crippen LogP contribution is -2.03. The maximum atomic E-state index is 5.86. The van der Waals surface area contributed by atoms with Crippen molar-refractivity contribution in [1.29, 1.82) is 0 Å². The molecule has 16 heavy (non-hydrogen) atoms. The normalized spacial score (nSPS) is 10.9. The molecule has 0 saturated heterocycles. The molecule has 1 heterocycles. The summed E-state index contributed by atoms with van der Waals surface area (Å²) in [6.45, 7) is 2.96. The number of halogens is 1. The minimum atomic E-state index is 0.392. The van der Waals surface area contributed by atoms with Crippen molar-refractivity contribution in [2.24, 2.45) is 0 Å². The zero-order chi connectivity index (χ0) is 11.5. The van der Waals surface area contributed by atoms with Crippen molar-refractivity contribution in [3.63, 3.8) is 0 Å². The number of fused-ring (bicyclic) bond motifs is 1. The molecule has 0 saturated carbocycles. The SMILES string of the molecule is CCOCc1nc(N)c2ccc(Br)cc2n1. The van der Waals surface area contributed by atoms with Crippen LogP contribution < -0.4 is 5.73 Å². The van der Waals surface area contributed by atoms with Gasteiger partial charge in [-0.05, 0) is 25.1 Å². The van der Waals surface area contributed by atoms with Crippen LogP contribution in [0.1, 0.15) is 12.7 Å². The molecule has 2 aromatic rings. The highest BCUT2D eigenvalue weighted by Gasteiger charge is 2.05. The van der Waals surface area contributed by atoms with Crippen LogP contribution in [0.3, 0.4) is 0 Å². The van der Waals surface area contributed by atoms with E-state index in [-0.39, 0.29) is 0 Å². The Labute approximate surface area is 102 Å². The highest BCUT2D eigenvalue weighted by Crippen LogP contribution is 2.22. The standard InChI is InChI=1S/C11H12BrN3O/c1-2-16-6-10-14-9-5-7(12)3-4-8(9)11(13)15-10/h3-5H,2,6H2,1H3,(H2,13,14,15). The van der Waals surface area contributed by atoms with E-state index >= 15 is 0 Å². The molecule has 0 unspecified atom stereocenters. The first-order chi connectivity index (χ1) is 7.70. The van der Waals surface area contributed by atoms with E-state index in [0.717, 1.165) is 15.4 Å². The van der Waals surface area contributed by atoms with Crippen molar-refractivity contribution >= 4 is 32.7 Å². The number of aromatic nitrogens is 2. The molecule has 5 heteroatoms. The Hall–Kier alpha value is -1.20. The van der Waals surface area contributed by atoms with Crippen molar-refractivity contribution in [1.82, 2.24) is 9.97 Å². The Kier molecular flexibility index (Phi) is 3.36. The average Bonchev–Trinajstić information content (AvgIpc) is 2.25. The topological polar surface area (TPSA) is 61.0 Å². The van der Waals surface area contributed by atoms with Crippen LogP contribution in [-0.4, -0.2) is 16.6 Å². The van der Waals surface area contributed by atoms with Crippen molar-refractivity contribution in [3.05, 3.63) is 28.5 Å². The molecule has 0 aliphatic carbocycles. The number of nitrogen functional groups attached to an aromatic ring is 1. The molecule has 0 aliphatic rings.